The number of piperazine rings is 1. The van der Waals surface area contributed by atoms with Crippen LogP contribution in [0.4, 0.5) is 10.5 Å². The fraction of sp³-hybridized carbons (Fsp3) is 0.269. The van der Waals surface area contributed by atoms with Gasteiger partial charge < -0.3 is 10.2 Å². The molecule has 0 atom stereocenters. The Kier molecular flexibility index (Phi) is 6.15. The van der Waals surface area contributed by atoms with Gasteiger partial charge in [-0.2, -0.15) is 0 Å². The van der Waals surface area contributed by atoms with Crippen molar-refractivity contribution in [1.29, 1.82) is 0 Å². The van der Waals surface area contributed by atoms with Crippen molar-refractivity contribution in [3.05, 3.63) is 101 Å². The van der Waals surface area contributed by atoms with Crippen molar-refractivity contribution in [3.63, 3.8) is 0 Å². The summed E-state index contributed by atoms with van der Waals surface area (Å²) in [6, 6.07) is 27.5. The highest BCUT2D eigenvalue weighted by atomic mass is 16.2. The number of benzene rings is 3. The number of nitrogens with zero attached hydrogens (tertiary/aromatic N) is 2. The molecule has 1 aliphatic heterocycles. The average Bonchev–Trinajstić information content (AvgIpc) is 2.78. The number of urea groups is 1. The first-order valence-electron chi connectivity index (χ1n) is 10.6. The van der Waals surface area contributed by atoms with E-state index in [1.54, 1.807) is 0 Å². The highest BCUT2D eigenvalue weighted by molar-refractivity contribution is 5.89. The fourth-order valence-corrected chi connectivity index (χ4v) is 4.09. The van der Waals surface area contributed by atoms with Gasteiger partial charge in [0.15, 0.2) is 0 Å². The lowest BCUT2D eigenvalue weighted by Crippen LogP contribution is -2.51. The van der Waals surface area contributed by atoms with Crippen molar-refractivity contribution >= 4 is 11.7 Å². The van der Waals surface area contributed by atoms with Gasteiger partial charge in [-0.1, -0.05) is 66.7 Å². The minimum atomic E-state index is -0.0196. The van der Waals surface area contributed by atoms with E-state index in [-0.39, 0.29) is 12.1 Å². The first kappa shape index (κ1) is 20.2. The van der Waals surface area contributed by atoms with Crippen molar-refractivity contribution in [2.75, 3.05) is 31.5 Å². The predicted octanol–water partition coefficient (Wildman–Crippen LogP) is 5.24. The van der Waals surface area contributed by atoms with Crippen LogP contribution in [-0.4, -0.2) is 42.0 Å². The number of hydrogen-bond donors (Lipinski definition) is 1. The van der Waals surface area contributed by atoms with Gasteiger partial charge in [-0.15, -0.1) is 0 Å². The second kappa shape index (κ2) is 9.14. The zero-order valence-corrected chi connectivity index (χ0v) is 17.7. The number of aryl methyl sites for hydroxylation is 2. The van der Waals surface area contributed by atoms with Gasteiger partial charge in [0.05, 0.1) is 6.04 Å². The molecule has 3 aromatic rings. The monoisotopic (exact) mass is 399 g/mol. The second-order valence-corrected chi connectivity index (χ2v) is 7.98. The lowest BCUT2D eigenvalue weighted by molar-refractivity contribution is 0.126. The summed E-state index contributed by atoms with van der Waals surface area (Å²) in [4.78, 5) is 17.2. The molecule has 4 heteroatoms. The number of rotatable bonds is 4. The molecule has 30 heavy (non-hydrogen) atoms. The summed E-state index contributed by atoms with van der Waals surface area (Å²) in [7, 11) is 0. The van der Waals surface area contributed by atoms with Gasteiger partial charge in [0.1, 0.15) is 0 Å². The number of hydrogen-bond acceptors (Lipinski definition) is 2. The molecular formula is C26H29N3O. The van der Waals surface area contributed by atoms with Crippen molar-refractivity contribution in [2.24, 2.45) is 0 Å². The zero-order chi connectivity index (χ0) is 20.9. The number of nitrogens with one attached hydrogen (secondary N) is 1. The molecule has 0 saturated carbocycles. The Bertz CT molecular complexity index is 940. The molecule has 0 aromatic heterocycles. The highest BCUT2D eigenvalue weighted by Crippen LogP contribution is 2.29. The first-order valence-corrected chi connectivity index (χ1v) is 10.6. The maximum atomic E-state index is 12.8. The molecule has 0 bridgehead atoms. The molecule has 1 fully saturated rings. The van der Waals surface area contributed by atoms with Gasteiger partial charge in [0.25, 0.3) is 0 Å². The Morgan fingerprint density at radius 3 is 1.87 bits per heavy atom. The van der Waals surface area contributed by atoms with Gasteiger partial charge in [0.2, 0.25) is 0 Å². The van der Waals surface area contributed by atoms with E-state index < -0.39 is 0 Å². The molecule has 1 heterocycles. The van der Waals surface area contributed by atoms with Crippen molar-refractivity contribution < 1.29 is 4.79 Å². The third-order valence-corrected chi connectivity index (χ3v) is 5.96. The van der Waals surface area contributed by atoms with E-state index in [9.17, 15) is 4.79 Å². The Balaban J connectivity index is 1.44. The molecule has 1 aliphatic rings. The molecule has 2 amide bonds. The average molecular weight is 400 g/mol. The van der Waals surface area contributed by atoms with E-state index >= 15 is 0 Å². The smallest absolute Gasteiger partial charge is 0.321 e. The largest absolute Gasteiger partial charge is 0.322 e. The number of anilines is 1. The fourth-order valence-electron chi connectivity index (χ4n) is 4.09. The summed E-state index contributed by atoms with van der Waals surface area (Å²) in [5.41, 5.74) is 5.85. The van der Waals surface area contributed by atoms with E-state index in [1.807, 2.05) is 23.1 Å². The maximum absolute atomic E-state index is 12.8. The van der Waals surface area contributed by atoms with Crippen LogP contribution in [0.3, 0.4) is 0 Å². The van der Waals surface area contributed by atoms with Crippen molar-refractivity contribution in [1.82, 2.24) is 9.80 Å². The summed E-state index contributed by atoms with van der Waals surface area (Å²) >= 11 is 0. The Morgan fingerprint density at radius 2 is 1.33 bits per heavy atom. The molecule has 1 saturated heterocycles. The van der Waals surface area contributed by atoms with Gasteiger partial charge in [-0.3, -0.25) is 4.90 Å². The van der Waals surface area contributed by atoms with Crippen LogP contribution in [0.2, 0.25) is 0 Å². The lowest BCUT2D eigenvalue weighted by Gasteiger charge is -2.39. The highest BCUT2D eigenvalue weighted by Gasteiger charge is 2.28. The molecular weight excluding hydrogens is 370 g/mol. The topological polar surface area (TPSA) is 35.6 Å². The standard InChI is InChI=1S/C26H29N3O/c1-20-13-14-24(19-21(20)2)27-26(30)29-17-15-28(16-18-29)25(22-9-5-3-6-10-22)23-11-7-4-8-12-23/h3-14,19,25H,15-18H2,1-2H3,(H,27,30). The van der Waals surface area contributed by atoms with Crippen molar-refractivity contribution in [2.45, 2.75) is 19.9 Å². The third kappa shape index (κ3) is 4.55. The molecule has 0 spiro atoms. The van der Waals surface area contributed by atoms with Crippen molar-refractivity contribution in [3.8, 4) is 0 Å². The SMILES string of the molecule is Cc1ccc(NC(=O)N2CCN(C(c3ccccc3)c3ccccc3)CC2)cc1C. The minimum absolute atomic E-state index is 0.0196. The Morgan fingerprint density at radius 1 is 0.767 bits per heavy atom. The van der Waals surface area contributed by atoms with E-state index in [0.29, 0.717) is 13.1 Å². The van der Waals surface area contributed by atoms with Crippen LogP contribution < -0.4 is 5.32 Å². The molecule has 1 N–H and O–H groups in total. The zero-order valence-electron chi connectivity index (χ0n) is 17.7. The van der Waals surface area contributed by atoms with Crippen LogP contribution in [0.1, 0.15) is 28.3 Å². The van der Waals surface area contributed by atoms with E-state index in [1.165, 1.54) is 22.3 Å². The maximum Gasteiger partial charge on any atom is 0.321 e. The van der Waals surface area contributed by atoms with Crippen LogP contribution in [-0.2, 0) is 0 Å². The summed E-state index contributed by atoms with van der Waals surface area (Å²) in [6.07, 6.45) is 0. The lowest BCUT2D eigenvalue weighted by atomic mass is 9.96. The van der Waals surface area contributed by atoms with Crippen LogP contribution >= 0.6 is 0 Å². The normalized spacial score (nSPS) is 14.7. The number of amides is 2. The molecule has 4 rings (SSSR count). The van der Waals surface area contributed by atoms with E-state index in [0.717, 1.165) is 18.8 Å². The van der Waals surface area contributed by atoms with Crippen LogP contribution in [0.25, 0.3) is 0 Å². The quantitative estimate of drug-likeness (QED) is 0.651. The Hall–Kier alpha value is -3.11. The molecule has 0 radical (unpaired) electrons. The summed E-state index contributed by atoms with van der Waals surface area (Å²) < 4.78 is 0. The summed E-state index contributed by atoms with van der Waals surface area (Å²) in [5.74, 6) is 0. The summed E-state index contributed by atoms with van der Waals surface area (Å²) in [6.45, 7) is 7.26. The Labute approximate surface area is 179 Å². The molecule has 4 nitrogen and oxygen atoms in total. The molecule has 0 aliphatic carbocycles. The third-order valence-electron chi connectivity index (χ3n) is 5.96. The number of carbonyl (C=O) groups excluding carboxylic acids is 1. The van der Waals surface area contributed by atoms with Gasteiger partial charge in [0, 0.05) is 31.9 Å². The summed E-state index contributed by atoms with van der Waals surface area (Å²) in [5, 5.41) is 3.06. The second-order valence-electron chi connectivity index (χ2n) is 7.98. The van der Waals surface area contributed by atoms with Gasteiger partial charge in [-0.05, 0) is 48.2 Å². The van der Waals surface area contributed by atoms with Gasteiger partial charge >= 0.3 is 6.03 Å². The van der Waals surface area contributed by atoms with E-state index in [2.05, 4.69) is 84.7 Å². The first-order chi connectivity index (χ1) is 14.6. The molecule has 3 aromatic carbocycles. The minimum Gasteiger partial charge on any atom is -0.322 e. The predicted molar refractivity (Wildman–Crippen MR) is 123 cm³/mol. The van der Waals surface area contributed by atoms with Crippen LogP contribution in [0.15, 0.2) is 78.9 Å². The van der Waals surface area contributed by atoms with E-state index in [4.69, 9.17) is 0 Å². The molecule has 154 valence electrons. The van der Waals surface area contributed by atoms with Crippen LogP contribution in [0, 0.1) is 13.8 Å². The molecule has 0 unspecified atom stereocenters. The number of carbonyl (C=O) groups is 1. The van der Waals surface area contributed by atoms with Crippen LogP contribution in [0.5, 0.6) is 0 Å². The van der Waals surface area contributed by atoms with Gasteiger partial charge in [-0.25, -0.2) is 4.79 Å².